The van der Waals surface area contributed by atoms with Crippen molar-refractivity contribution < 1.29 is 14.7 Å². The SMILES string of the molecule is CC1=NN(c2ccc(C(=O)N3CCCC3(C)C(=O)O)cc2)CC1. The van der Waals surface area contributed by atoms with Gasteiger partial charge in [0.05, 0.1) is 5.69 Å². The number of aliphatic carboxylic acids is 1. The van der Waals surface area contributed by atoms with Gasteiger partial charge in [-0.3, -0.25) is 9.80 Å². The highest BCUT2D eigenvalue weighted by atomic mass is 16.4. The van der Waals surface area contributed by atoms with Crippen LogP contribution in [0, 0.1) is 0 Å². The highest BCUT2D eigenvalue weighted by Crippen LogP contribution is 2.31. The summed E-state index contributed by atoms with van der Waals surface area (Å²) in [5, 5.41) is 15.8. The lowest BCUT2D eigenvalue weighted by Crippen LogP contribution is -2.50. The molecular formula is C17H21N3O3. The Morgan fingerprint density at radius 3 is 2.48 bits per heavy atom. The van der Waals surface area contributed by atoms with Crippen molar-refractivity contribution in [1.82, 2.24) is 4.90 Å². The van der Waals surface area contributed by atoms with E-state index in [9.17, 15) is 14.7 Å². The van der Waals surface area contributed by atoms with Crippen LogP contribution in [0.3, 0.4) is 0 Å². The molecule has 3 rings (SSSR count). The molecule has 2 aliphatic rings. The van der Waals surface area contributed by atoms with Gasteiger partial charge in [-0.1, -0.05) is 0 Å². The summed E-state index contributed by atoms with van der Waals surface area (Å²) >= 11 is 0. The molecule has 1 fully saturated rings. The molecular weight excluding hydrogens is 294 g/mol. The standard InChI is InChI=1S/C17H21N3O3/c1-12-8-11-20(18-12)14-6-4-13(5-7-14)15(21)19-10-3-9-17(19,2)16(22)23/h4-7H,3,8-11H2,1-2H3,(H,22,23). The fourth-order valence-corrected chi connectivity index (χ4v) is 3.20. The summed E-state index contributed by atoms with van der Waals surface area (Å²) < 4.78 is 0. The van der Waals surface area contributed by atoms with Crippen LogP contribution in [0.2, 0.25) is 0 Å². The minimum atomic E-state index is -1.11. The highest BCUT2D eigenvalue weighted by molar-refractivity contribution is 5.98. The Morgan fingerprint density at radius 1 is 1.22 bits per heavy atom. The van der Waals surface area contributed by atoms with E-state index in [0.717, 1.165) is 24.4 Å². The second-order valence-corrected chi connectivity index (χ2v) is 6.39. The van der Waals surface area contributed by atoms with Gasteiger partial charge in [0.1, 0.15) is 5.54 Å². The third-order valence-electron chi connectivity index (χ3n) is 4.74. The van der Waals surface area contributed by atoms with Crippen molar-refractivity contribution in [3.63, 3.8) is 0 Å². The Bertz CT molecular complexity index is 668. The molecule has 2 aliphatic heterocycles. The van der Waals surface area contributed by atoms with Gasteiger partial charge in [0.15, 0.2) is 0 Å². The van der Waals surface area contributed by atoms with Crippen LogP contribution in [-0.2, 0) is 4.79 Å². The summed E-state index contributed by atoms with van der Waals surface area (Å²) in [6, 6.07) is 7.23. The van der Waals surface area contributed by atoms with Crippen LogP contribution in [-0.4, -0.2) is 46.2 Å². The Labute approximate surface area is 135 Å². The van der Waals surface area contributed by atoms with E-state index in [1.807, 2.05) is 24.1 Å². The fraction of sp³-hybridized carbons (Fsp3) is 0.471. The number of hydrogen-bond acceptors (Lipinski definition) is 4. The molecule has 0 spiro atoms. The number of benzene rings is 1. The number of hydrazone groups is 1. The number of carbonyl (C=O) groups excluding carboxylic acids is 1. The van der Waals surface area contributed by atoms with Gasteiger partial charge >= 0.3 is 5.97 Å². The highest BCUT2D eigenvalue weighted by Gasteiger charge is 2.46. The average molecular weight is 315 g/mol. The van der Waals surface area contributed by atoms with Gasteiger partial charge in [0.2, 0.25) is 0 Å². The van der Waals surface area contributed by atoms with E-state index in [0.29, 0.717) is 24.9 Å². The maximum atomic E-state index is 12.7. The van der Waals surface area contributed by atoms with Gasteiger partial charge in [0, 0.05) is 30.8 Å². The average Bonchev–Trinajstić information content (AvgIpc) is 3.14. The predicted molar refractivity (Wildman–Crippen MR) is 87.8 cm³/mol. The van der Waals surface area contributed by atoms with Gasteiger partial charge in [-0.15, -0.1) is 0 Å². The smallest absolute Gasteiger partial charge is 0.329 e. The van der Waals surface area contributed by atoms with Crippen LogP contribution in [0.15, 0.2) is 29.4 Å². The van der Waals surface area contributed by atoms with E-state index < -0.39 is 11.5 Å². The molecule has 1 unspecified atom stereocenters. The number of carboxylic acid groups (broad SMARTS) is 1. The Hall–Kier alpha value is -2.37. The van der Waals surface area contributed by atoms with Crippen LogP contribution < -0.4 is 5.01 Å². The number of rotatable bonds is 3. The van der Waals surface area contributed by atoms with E-state index in [1.54, 1.807) is 19.1 Å². The zero-order valence-electron chi connectivity index (χ0n) is 13.5. The first-order valence-corrected chi connectivity index (χ1v) is 7.89. The normalized spacial score (nSPS) is 24.0. The first kappa shape index (κ1) is 15.5. The molecule has 122 valence electrons. The van der Waals surface area contributed by atoms with Crippen molar-refractivity contribution in [2.24, 2.45) is 5.10 Å². The maximum Gasteiger partial charge on any atom is 0.329 e. The molecule has 6 heteroatoms. The van der Waals surface area contributed by atoms with Crippen LogP contribution in [0.1, 0.15) is 43.5 Å². The van der Waals surface area contributed by atoms with E-state index in [-0.39, 0.29) is 5.91 Å². The maximum absolute atomic E-state index is 12.7. The number of amides is 1. The number of likely N-dealkylation sites (tertiary alicyclic amines) is 1. The topological polar surface area (TPSA) is 73.2 Å². The summed E-state index contributed by atoms with van der Waals surface area (Å²) in [4.78, 5) is 25.7. The van der Waals surface area contributed by atoms with Crippen LogP contribution >= 0.6 is 0 Å². The monoisotopic (exact) mass is 315 g/mol. The van der Waals surface area contributed by atoms with Gasteiger partial charge in [0.25, 0.3) is 5.91 Å². The molecule has 0 aliphatic carbocycles. The summed E-state index contributed by atoms with van der Waals surface area (Å²) in [6.45, 7) is 4.95. The first-order valence-electron chi connectivity index (χ1n) is 7.89. The van der Waals surface area contributed by atoms with Crippen molar-refractivity contribution in [1.29, 1.82) is 0 Å². The molecule has 1 N–H and O–H groups in total. The van der Waals surface area contributed by atoms with Crippen molar-refractivity contribution in [3.05, 3.63) is 29.8 Å². The van der Waals surface area contributed by atoms with Gasteiger partial charge < -0.3 is 10.0 Å². The molecule has 1 aromatic rings. The first-order chi connectivity index (χ1) is 10.9. The molecule has 1 amide bonds. The third kappa shape index (κ3) is 2.69. The zero-order valence-corrected chi connectivity index (χ0v) is 13.5. The number of carboxylic acids is 1. The summed E-state index contributed by atoms with van der Waals surface area (Å²) in [5.41, 5.74) is 1.45. The number of anilines is 1. The van der Waals surface area contributed by atoms with E-state index in [2.05, 4.69) is 5.10 Å². The van der Waals surface area contributed by atoms with E-state index in [1.165, 1.54) is 4.90 Å². The lowest BCUT2D eigenvalue weighted by atomic mass is 9.98. The third-order valence-corrected chi connectivity index (χ3v) is 4.74. The predicted octanol–water partition coefficient (Wildman–Crippen LogP) is 2.35. The van der Waals surface area contributed by atoms with Crippen molar-refractivity contribution in [2.45, 2.75) is 38.6 Å². The van der Waals surface area contributed by atoms with Crippen molar-refractivity contribution in [2.75, 3.05) is 18.1 Å². The fourth-order valence-electron chi connectivity index (χ4n) is 3.20. The minimum absolute atomic E-state index is 0.222. The summed E-state index contributed by atoms with van der Waals surface area (Å²) in [5.74, 6) is -1.16. The van der Waals surface area contributed by atoms with E-state index >= 15 is 0 Å². The van der Waals surface area contributed by atoms with Crippen molar-refractivity contribution >= 4 is 23.3 Å². The molecule has 0 radical (unpaired) electrons. The van der Waals surface area contributed by atoms with Gasteiger partial charge in [-0.25, -0.2) is 4.79 Å². The minimum Gasteiger partial charge on any atom is -0.480 e. The lowest BCUT2D eigenvalue weighted by Gasteiger charge is -2.31. The molecule has 6 nitrogen and oxygen atoms in total. The molecule has 0 aromatic heterocycles. The van der Waals surface area contributed by atoms with Gasteiger partial charge in [-0.2, -0.15) is 5.10 Å². The Kier molecular flexibility index (Phi) is 3.83. The second-order valence-electron chi connectivity index (χ2n) is 6.39. The molecule has 1 saturated heterocycles. The van der Waals surface area contributed by atoms with E-state index in [4.69, 9.17) is 0 Å². The van der Waals surface area contributed by atoms with Crippen LogP contribution in [0.25, 0.3) is 0 Å². The Morgan fingerprint density at radius 2 is 1.91 bits per heavy atom. The largest absolute Gasteiger partial charge is 0.480 e. The lowest BCUT2D eigenvalue weighted by molar-refractivity contribution is -0.147. The number of hydrogen-bond donors (Lipinski definition) is 1. The molecule has 0 saturated carbocycles. The Balaban J connectivity index is 1.79. The van der Waals surface area contributed by atoms with Crippen LogP contribution in [0.5, 0.6) is 0 Å². The number of carbonyl (C=O) groups is 2. The number of nitrogens with zero attached hydrogens (tertiary/aromatic N) is 3. The molecule has 23 heavy (non-hydrogen) atoms. The quantitative estimate of drug-likeness (QED) is 0.929. The molecule has 1 atom stereocenters. The summed E-state index contributed by atoms with van der Waals surface area (Å²) in [7, 11) is 0. The summed E-state index contributed by atoms with van der Waals surface area (Å²) in [6.07, 6.45) is 2.16. The molecule has 0 bridgehead atoms. The molecule has 1 aromatic carbocycles. The van der Waals surface area contributed by atoms with Gasteiger partial charge in [-0.05, 0) is 51.0 Å². The van der Waals surface area contributed by atoms with Crippen LogP contribution in [0.4, 0.5) is 5.69 Å². The second kappa shape index (κ2) is 5.68. The molecule has 2 heterocycles. The van der Waals surface area contributed by atoms with Crippen molar-refractivity contribution in [3.8, 4) is 0 Å². The zero-order chi connectivity index (χ0) is 16.6.